The molecule has 0 radical (unpaired) electrons. The van der Waals surface area contributed by atoms with Gasteiger partial charge in [0.2, 0.25) is 0 Å². The molecular weight excluding hydrogens is 348 g/mol. The van der Waals surface area contributed by atoms with Crippen LogP contribution in [-0.2, 0) is 6.54 Å². The van der Waals surface area contributed by atoms with Crippen molar-refractivity contribution in [1.29, 1.82) is 0 Å². The number of hydrogen-bond acceptors (Lipinski definition) is 3. The second-order valence-electron chi connectivity index (χ2n) is 4.45. The minimum atomic E-state index is -0.216. The van der Waals surface area contributed by atoms with Gasteiger partial charge in [-0.3, -0.25) is 0 Å². The fourth-order valence-corrected chi connectivity index (χ4v) is 3.52. The van der Waals surface area contributed by atoms with E-state index in [0.717, 1.165) is 39.5 Å². The van der Waals surface area contributed by atoms with Crippen molar-refractivity contribution in [3.8, 4) is 0 Å². The van der Waals surface area contributed by atoms with Gasteiger partial charge >= 0.3 is 0 Å². The van der Waals surface area contributed by atoms with Gasteiger partial charge in [-0.1, -0.05) is 15.9 Å². The maximum atomic E-state index is 9.73. The Hall–Kier alpha value is -0.100. The zero-order valence-electron chi connectivity index (χ0n) is 9.42. The largest absolute Gasteiger partial charge is 0.398 e. The summed E-state index contributed by atoms with van der Waals surface area (Å²) in [6.45, 7) is 0.686. The van der Waals surface area contributed by atoms with Crippen LogP contribution < -0.4 is 11.1 Å². The Kier molecular flexibility index (Phi) is 4.47. The van der Waals surface area contributed by atoms with Gasteiger partial charge in [0.25, 0.3) is 0 Å². The highest BCUT2D eigenvalue weighted by atomic mass is 79.9. The van der Waals surface area contributed by atoms with Crippen LogP contribution in [0.2, 0.25) is 0 Å². The molecule has 5 heteroatoms. The number of hydrogen-bond donors (Lipinski definition) is 3. The van der Waals surface area contributed by atoms with E-state index in [0.29, 0.717) is 6.54 Å². The van der Waals surface area contributed by atoms with Crippen molar-refractivity contribution in [3.63, 3.8) is 0 Å². The first-order chi connectivity index (χ1) is 8.08. The summed E-state index contributed by atoms with van der Waals surface area (Å²) in [5.74, 6) is 0. The van der Waals surface area contributed by atoms with E-state index in [1.54, 1.807) is 0 Å². The number of halogens is 2. The maximum absolute atomic E-state index is 9.73. The first-order valence-corrected chi connectivity index (χ1v) is 7.31. The summed E-state index contributed by atoms with van der Waals surface area (Å²) in [7, 11) is 0. The van der Waals surface area contributed by atoms with Crippen molar-refractivity contribution in [2.45, 2.75) is 38.0 Å². The molecule has 1 saturated carbocycles. The Morgan fingerprint density at radius 3 is 2.76 bits per heavy atom. The van der Waals surface area contributed by atoms with Crippen LogP contribution in [0.25, 0.3) is 0 Å². The Balaban J connectivity index is 2.03. The van der Waals surface area contributed by atoms with Crippen molar-refractivity contribution in [2.75, 3.05) is 5.73 Å². The molecule has 0 bridgehead atoms. The normalized spacial score (nSPS) is 24.2. The molecule has 0 aliphatic heterocycles. The van der Waals surface area contributed by atoms with E-state index in [2.05, 4.69) is 37.2 Å². The van der Waals surface area contributed by atoms with E-state index >= 15 is 0 Å². The van der Waals surface area contributed by atoms with Gasteiger partial charge in [0.05, 0.1) is 11.8 Å². The molecule has 1 aliphatic rings. The fraction of sp³-hybridized carbons (Fsp3) is 0.500. The number of nitrogens with one attached hydrogen (secondary N) is 1. The number of rotatable bonds is 3. The monoisotopic (exact) mass is 362 g/mol. The highest BCUT2D eigenvalue weighted by molar-refractivity contribution is 9.11. The second kappa shape index (κ2) is 5.69. The summed E-state index contributed by atoms with van der Waals surface area (Å²) in [5.41, 5.74) is 7.80. The molecule has 94 valence electrons. The zero-order chi connectivity index (χ0) is 12.4. The summed E-state index contributed by atoms with van der Waals surface area (Å²) in [5, 5.41) is 13.1. The average molecular weight is 364 g/mol. The number of nitrogen functional groups attached to an aromatic ring is 1. The molecule has 1 fully saturated rings. The number of benzene rings is 1. The molecule has 0 heterocycles. The number of aliphatic hydroxyl groups excluding tert-OH is 1. The molecule has 17 heavy (non-hydrogen) atoms. The van der Waals surface area contributed by atoms with Crippen LogP contribution in [0.1, 0.15) is 24.8 Å². The third kappa shape index (κ3) is 3.22. The quantitative estimate of drug-likeness (QED) is 0.723. The topological polar surface area (TPSA) is 58.3 Å². The van der Waals surface area contributed by atoms with Crippen molar-refractivity contribution in [2.24, 2.45) is 0 Å². The van der Waals surface area contributed by atoms with Gasteiger partial charge in [-0.25, -0.2) is 0 Å². The van der Waals surface area contributed by atoms with Crippen molar-refractivity contribution >= 4 is 37.5 Å². The van der Waals surface area contributed by atoms with E-state index in [1.165, 1.54) is 0 Å². The van der Waals surface area contributed by atoms with Crippen molar-refractivity contribution in [1.82, 2.24) is 5.32 Å². The van der Waals surface area contributed by atoms with E-state index in [1.807, 2.05) is 12.1 Å². The van der Waals surface area contributed by atoms with E-state index in [-0.39, 0.29) is 12.1 Å². The Bertz CT molecular complexity index is 412. The molecule has 1 aromatic rings. The summed E-state index contributed by atoms with van der Waals surface area (Å²) < 4.78 is 1.90. The predicted octanol–water partition coefficient (Wildman–Crippen LogP) is 2.80. The number of aliphatic hydroxyl groups is 1. The van der Waals surface area contributed by atoms with Crippen LogP contribution in [0.15, 0.2) is 21.1 Å². The van der Waals surface area contributed by atoms with Gasteiger partial charge in [-0.05, 0) is 52.9 Å². The standard InChI is InChI=1S/C12H16Br2N2O/c13-8-4-7(12(15)9(14)5-8)6-16-10-2-1-3-11(10)17/h4-5,10-11,16-17H,1-3,6,15H2/t10?,11-/m0/s1. The summed E-state index contributed by atoms with van der Waals surface area (Å²) in [6, 6.07) is 4.14. The molecule has 2 atom stereocenters. The lowest BCUT2D eigenvalue weighted by Gasteiger charge is -2.17. The molecule has 4 N–H and O–H groups in total. The van der Waals surface area contributed by atoms with Crippen molar-refractivity contribution < 1.29 is 5.11 Å². The van der Waals surface area contributed by atoms with Crippen LogP contribution in [0.3, 0.4) is 0 Å². The van der Waals surface area contributed by atoms with Crippen LogP contribution in [0.5, 0.6) is 0 Å². The molecule has 3 nitrogen and oxygen atoms in total. The molecule has 2 rings (SSSR count). The van der Waals surface area contributed by atoms with Crippen molar-refractivity contribution in [3.05, 3.63) is 26.6 Å². The van der Waals surface area contributed by atoms with Gasteiger partial charge < -0.3 is 16.2 Å². The maximum Gasteiger partial charge on any atom is 0.0693 e. The second-order valence-corrected chi connectivity index (χ2v) is 6.22. The molecule has 1 unspecified atom stereocenters. The summed E-state index contributed by atoms with van der Waals surface area (Å²) in [6.07, 6.45) is 2.81. The van der Waals surface area contributed by atoms with Crippen LogP contribution in [0.4, 0.5) is 5.69 Å². The Morgan fingerprint density at radius 1 is 1.35 bits per heavy atom. The van der Waals surface area contributed by atoms with Crippen LogP contribution >= 0.6 is 31.9 Å². The Labute approximate surface area is 118 Å². The van der Waals surface area contributed by atoms with Gasteiger partial charge in [-0.15, -0.1) is 0 Å². The van der Waals surface area contributed by atoms with Crippen LogP contribution in [0, 0.1) is 0 Å². The lowest BCUT2D eigenvalue weighted by atomic mass is 10.1. The lowest BCUT2D eigenvalue weighted by Crippen LogP contribution is -2.35. The van der Waals surface area contributed by atoms with E-state index < -0.39 is 0 Å². The molecule has 0 amide bonds. The lowest BCUT2D eigenvalue weighted by molar-refractivity contribution is 0.148. The van der Waals surface area contributed by atoms with Gasteiger partial charge in [0, 0.05) is 21.5 Å². The predicted molar refractivity (Wildman–Crippen MR) is 76.7 cm³/mol. The third-order valence-electron chi connectivity index (χ3n) is 3.21. The SMILES string of the molecule is Nc1c(Br)cc(Br)cc1CNC1CCC[C@@H]1O. The molecule has 1 aromatic carbocycles. The summed E-state index contributed by atoms with van der Waals surface area (Å²) >= 11 is 6.88. The minimum Gasteiger partial charge on any atom is -0.398 e. The molecule has 1 aliphatic carbocycles. The summed E-state index contributed by atoms with van der Waals surface area (Å²) in [4.78, 5) is 0. The number of anilines is 1. The van der Waals surface area contributed by atoms with Gasteiger partial charge in [0.1, 0.15) is 0 Å². The van der Waals surface area contributed by atoms with E-state index in [9.17, 15) is 5.11 Å². The van der Waals surface area contributed by atoms with E-state index in [4.69, 9.17) is 5.73 Å². The smallest absolute Gasteiger partial charge is 0.0693 e. The fourth-order valence-electron chi connectivity index (χ4n) is 2.20. The molecular formula is C12H16Br2N2O. The van der Waals surface area contributed by atoms with Gasteiger partial charge in [0.15, 0.2) is 0 Å². The number of nitrogens with two attached hydrogens (primary N) is 1. The first kappa shape index (κ1) is 13.3. The minimum absolute atomic E-state index is 0.201. The van der Waals surface area contributed by atoms with Crippen LogP contribution in [-0.4, -0.2) is 17.3 Å². The zero-order valence-corrected chi connectivity index (χ0v) is 12.6. The molecule has 0 saturated heterocycles. The van der Waals surface area contributed by atoms with Gasteiger partial charge in [-0.2, -0.15) is 0 Å². The first-order valence-electron chi connectivity index (χ1n) is 5.73. The highest BCUT2D eigenvalue weighted by Crippen LogP contribution is 2.28. The third-order valence-corrected chi connectivity index (χ3v) is 4.33. The average Bonchev–Trinajstić information content (AvgIpc) is 2.67. The Morgan fingerprint density at radius 2 is 2.12 bits per heavy atom. The highest BCUT2D eigenvalue weighted by Gasteiger charge is 2.24. The molecule has 0 spiro atoms. The molecule has 0 aromatic heterocycles.